The standard InChI is InChI=1S/C20H17F3N6O2S/c1-2-25-19(30)29-16-6-13(18-28-15(10-32-18)20(21,22)23)14(9-27-16)11-5-12(8-24-7-11)17-26-3-4-31-17/h5-10H,2-4H2,1H3,(H2,25,27,29,30). The first-order valence-corrected chi connectivity index (χ1v) is 10.4. The fraction of sp³-hybridized carbons (Fsp3) is 0.250. The molecule has 32 heavy (non-hydrogen) atoms. The molecule has 1 aliphatic rings. The number of thiazole rings is 1. The van der Waals surface area contributed by atoms with Gasteiger partial charge in [-0.2, -0.15) is 13.2 Å². The minimum atomic E-state index is -4.57. The molecule has 166 valence electrons. The van der Waals surface area contributed by atoms with E-state index in [1.54, 1.807) is 25.4 Å². The number of carbonyl (C=O) groups is 1. The number of ether oxygens (including phenoxy) is 1. The number of aromatic nitrogens is 3. The van der Waals surface area contributed by atoms with Crippen LogP contribution in [0.5, 0.6) is 0 Å². The van der Waals surface area contributed by atoms with Crippen molar-refractivity contribution >= 4 is 29.1 Å². The highest BCUT2D eigenvalue weighted by Gasteiger charge is 2.34. The van der Waals surface area contributed by atoms with E-state index < -0.39 is 17.9 Å². The Bertz CT molecular complexity index is 1180. The van der Waals surface area contributed by atoms with E-state index in [-0.39, 0.29) is 10.8 Å². The number of amides is 2. The number of alkyl halides is 3. The fourth-order valence-corrected chi connectivity index (χ4v) is 3.85. The molecule has 0 saturated heterocycles. The van der Waals surface area contributed by atoms with Crippen molar-refractivity contribution in [2.24, 2.45) is 4.99 Å². The van der Waals surface area contributed by atoms with E-state index in [2.05, 4.69) is 30.6 Å². The van der Waals surface area contributed by atoms with Crippen LogP contribution in [0.25, 0.3) is 21.7 Å². The Kier molecular flexibility index (Phi) is 6.04. The average Bonchev–Trinajstić information content (AvgIpc) is 3.46. The summed E-state index contributed by atoms with van der Waals surface area (Å²) in [6, 6.07) is 2.78. The van der Waals surface area contributed by atoms with Crippen molar-refractivity contribution in [2.45, 2.75) is 13.1 Å². The van der Waals surface area contributed by atoms with Crippen molar-refractivity contribution in [3.8, 4) is 21.7 Å². The molecule has 0 radical (unpaired) electrons. The number of aliphatic imine (C=N–C) groups is 1. The molecule has 0 aromatic carbocycles. The van der Waals surface area contributed by atoms with Crippen molar-refractivity contribution in [3.63, 3.8) is 0 Å². The van der Waals surface area contributed by atoms with Crippen molar-refractivity contribution < 1.29 is 22.7 Å². The Morgan fingerprint density at radius 3 is 2.69 bits per heavy atom. The Balaban J connectivity index is 1.79. The Hall–Kier alpha value is -3.54. The lowest BCUT2D eigenvalue weighted by atomic mass is 10.0. The van der Waals surface area contributed by atoms with Crippen LogP contribution in [0, 0.1) is 0 Å². The summed E-state index contributed by atoms with van der Waals surface area (Å²) in [6.07, 6.45) is 0.0543. The molecule has 2 amide bonds. The maximum absolute atomic E-state index is 13.1. The van der Waals surface area contributed by atoms with Crippen LogP contribution in [0.15, 0.2) is 41.1 Å². The molecule has 0 bridgehead atoms. The fourth-order valence-electron chi connectivity index (χ4n) is 2.99. The molecule has 1 aliphatic heterocycles. The van der Waals surface area contributed by atoms with Gasteiger partial charge >= 0.3 is 12.2 Å². The topological polar surface area (TPSA) is 101 Å². The molecule has 3 aromatic rings. The highest BCUT2D eigenvalue weighted by atomic mass is 32.1. The molecule has 0 fully saturated rings. The van der Waals surface area contributed by atoms with Gasteiger partial charge in [-0.1, -0.05) is 0 Å². The number of hydrogen-bond acceptors (Lipinski definition) is 7. The molecular formula is C20H17F3N6O2S. The molecule has 0 unspecified atom stereocenters. The molecule has 8 nitrogen and oxygen atoms in total. The average molecular weight is 462 g/mol. The van der Waals surface area contributed by atoms with Crippen molar-refractivity contribution in [1.29, 1.82) is 0 Å². The minimum Gasteiger partial charge on any atom is -0.475 e. The molecular weight excluding hydrogens is 445 g/mol. The predicted molar refractivity (Wildman–Crippen MR) is 114 cm³/mol. The second-order valence-electron chi connectivity index (χ2n) is 6.63. The van der Waals surface area contributed by atoms with E-state index in [1.807, 2.05) is 0 Å². The summed E-state index contributed by atoms with van der Waals surface area (Å²) in [4.78, 5) is 28.4. The first-order chi connectivity index (χ1) is 15.3. The summed E-state index contributed by atoms with van der Waals surface area (Å²) < 4.78 is 44.9. The van der Waals surface area contributed by atoms with Gasteiger partial charge in [-0.25, -0.2) is 19.8 Å². The zero-order valence-electron chi connectivity index (χ0n) is 16.7. The molecule has 0 saturated carbocycles. The number of pyridine rings is 2. The number of carbonyl (C=O) groups excluding carboxylic acids is 1. The molecule has 4 rings (SSSR count). The van der Waals surface area contributed by atoms with Gasteiger partial charge in [0, 0.05) is 47.2 Å². The number of urea groups is 1. The van der Waals surface area contributed by atoms with E-state index in [1.165, 1.54) is 12.3 Å². The van der Waals surface area contributed by atoms with Gasteiger partial charge in [0.15, 0.2) is 5.69 Å². The predicted octanol–water partition coefficient (Wildman–Crippen LogP) is 4.20. The highest BCUT2D eigenvalue weighted by molar-refractivity contribution is 7.13. The molecule has 3 aromatic heterocycles. The number of nitrogens with one attached hydrogen (secondary N) is 2. The zero-order chi connectivity index (χ0) is 22.7. The Morgan fingerprint density at radius 2 is 2.00 bits per heavy atom. The third-order valence-electron chi connectivity index (χ3n) is 4.39. The molecule has 12 heteroatoms. The highest BCUT2D eigenvalue weighted by Crippen LogP contribution is 2.38. The van der Waals surface area contributed by atoms with Crippen LogP contribution in [0.4, 0.5) is 23.8 Å². The van der Waals surface area contributed by atoms with Crippen LogP contribution >= 0.6 is 11.3 Å². The summed E-state index contributed by atoms with van der Waals surface area (Å²) in [7, 11) is 0. The second-order valence-corrected chi connectivity index (χ2v) is 7.49. The summed E-state index contributed by atoms with van der Waals surface area (Å²) in [5.74, 6) is 0.628. The van der Waals surface area contributed by atoms with E-state index in [0.717, 1.165) is 16.7 Å². The number of nitrogens with zero attached hydrogens (tertiary/aromatic N) is 4. The van der Waals surface area contributed by atoms with Crippen molar-refractivity contribution in [2.75, 3.05) is 25.0 Å². The van der Waals surface area contributed by atoms with Crippen LogP contribution in [0.3, 0.4) is 0 Å². The number of anilines is 1. The normalized spacial score (nSPS) is 13.4. The zero-order valence-corrected chi connectivity index (χ0v) is 17.5. The summed E-state index contributed by atoms with van der Waals surface area (Å²) in [5.41, 5.74) is 1.13. The second kappa shape index (κ2) is 8.91. The van der Waals surface area contributed by atoms with Crippen LogP contribution in [-0.2, 0) is 10.9 Å². The van der Waals surface area contributed by atoms with Gasteiger partial charge in [-0.3, -0.25) is 10.3 Å². The van der Waals surface area contributed by atoms with Crippen molar-refractivity contribution in [1.82, 2.24) is 20.3 Å². The van der Waals surface area contributed by atoms with E-state index in [4.69, 9.17) is 4.74 Å². The van der Waals surface area contributed by atoms with E-state index >= 15 is 0 Å². The van der Waals surface area contributed by atoms with Crippen LogP contribution in [0.1, 0.15) is 18.2 Å². The summed E-state index contributed by atoms with van der Waals surface area (Å²) >= 11 is 0.850. The Morgan fingerprint density at radius 1 is 1.19 bits per heavy atom. The van der Waals surface area contributed by atoms with Crippen LogP contribution in [0.2, 0.25) is 0 Å². The van der Waals surface area contributed by atoms with Gasteiger partial charge in [-0.05, 0) is 19.1 Å². The minimum absolute atomic E-state index is 0.133. The smallest absolute Gasteiger partial charge is 0.434 e. The quantitative estimate of drug-likeness (QED) is 0.592. The van der Waals surface area contributed by atoms with Gasteiger partial charge in [-0.15, -0.1) is 11.3 Å². The third-order valence-corrected chi connectivity index (χ3v) is 5.27. The third kappa shape index (κ3) is 4.69. The lowest BCUT2D eigenvalue weighted by Crippen LogP contribution is -2.28. The SMILES string of the molecule is CCNC(=O)Nc1cc(-c2nc(C(F)(F)F)cs2)c(-c2cncc(C3=NCCO3)c2)cn1. The van der Waals surface area contributed by atoms with Crippen molar-refractivity contribution in [3.05, 3.63) is 47.4 Å². The number of rotatable bonds is 5. The van der Waals surface area contributed by atoms with E-state index in [9.17, 15) is 18.0 Å². The number of hydrogen-bond donors (Lipinski definition) is 2. The van der Waals surface area contributed by atoms with E-state index in [0.29, 0.717) is 47.8 Å². The lowest BCUT2D eigenvalue weighted by molar-refractivity contribution is -0.140. The summed E-state index contributed by atoms with van der Waals surface area (Å²) in [5, 5.41) is 6.22. The Labute approximate surface area is 184 Å². The van der Waals surface area contributed by atoms with Gasteiger partial charge in [0.1, 0.15) is 17.4 Å². The molecule has 0 spiro atoms. The molecule has 0 atom stereocenters. The van der Waals surface area contributed by atoms with Crippen LogP contribution < -0.4 is 10.6 Å². The van der Waals surface area contributed by atoms with Gasteiger partial charge in [0.2, 0.25) is 5.90 Å². The molecule has 2 N–H and O–H groups in total. The largest absolute Gasteiger partial charge is 0.475 e. The van der Waals surface area contributed by atoms with Gasteiger partial charge < -0.3 is 10.1 Å². The monoisotopic (exact) mass is 462 g/mol. The maximum Gasteiger partial charge on any atom is 0.434 e. The molecule has 0 aliphatic carbocycles. The van der Waals surface area contributed by atoms with Gasteiger partial charge in [0.25, 0.3) is 0 Å². The summed E-state index contributed by atoms with van der Waals surface area (Å²) in [6.45, 7) is 3.19. The van der Waals surface area contributed by atoms with Gasteiger partial charge in [0.05, 0.1) is 12.1 Å². The number of halogens is 3. The van der Waals surface area contributed by atoms with Crippen LogP contribution in [-0.4, -0.2) is 46.6 Å². The first-order valence-electron chi connectivity index (χ1n) is 9.56. The molecule has 4 heterocycles. The lowest BCUT2D eigenvalue weighted by Gasteiger charge is -2.12. The first kappa shape index (κ1) is 21.7. The maximum atomic E-state index is 13.1.